The Balaban J connectivity index is 1.89. The molecule has 0 fully saturated rings. The second-order valence-corrected chi connectivity index (χ2v) is 5.84. The third-order valence-electron chi connectivity index (χ3n) is 3.44. The molecule has 23 heavy (non-hydrogen) atoms. The lowest BCUT2D eigenvalue weighted by Crippen LogP contribution is -1.97. The number of nitrogens with zero attached hydrogens (tertiary/aromatic N) is 2. The van der Waals surface area contributed by atoms with Crippen LogP contribution in [0.5, 0.6) is 5.75 Å². The highest BCUT2D eigenvalue weighted by Crippen LogP contribution is 2.22. The Labute approximate surface area is 144 Å². The molecule has 0 N–H and O–H groups in total. The molecule has 0 radical (unpaired) electrons. The molecule has 0 aromatic heterocycles. The number of rotatable bonds is 9. The highest BCUT2D eigenvalue weighted by molar-refractivity contribution is 7.80. The van der Waals surface area contributed by atoms with Crippen LogP contribution in [0.15, 0.2) is 58.8 Å². The Kier molecular flexibility index (Phi) is 7.67. The zero-order valence-corrected chi connectivity index (χ0v) is 14.5. The molecule has 0 amide bonds. The van der Waals surface area contributed by atoms with E-state index >= 15 is 0 Å². The second kappa shape index (κ2) is 10.1. The fraction of sp³-hybridized carbons (Fsp3) is 0.368. The van der Waals surface area contributed by atoms with Crippen molar-refractivity contribution in [1.82, 2.24) is 0 Å². The van der Waals surface area contributed by atoms with Crippen molar-refractivity contribution in [3.63, 3.8) is 0 Å². The van der Waals surface area contributed by atoms with E-state index in [1.807, 2.05) is 36.4 Å². The van der Waals surface area contributed by atoms with Gasteiger partial charge in [-0.15, -0.1) is 0 Å². The van der Waals surface area contributed by atoms with Crippen LogP contribution in [-0.2, 0) is 6.42 Å². The van der Waals surface area contributed by atoms with Crippen LogP contribution >= 0.6 is 12.6 Å². The maximum absolute atomic E-state index is 5.59. The molecule has 4 heteroatoms. The van der Waals surface area contributed by atoms with Gasteiger partial charge in [0.05, 0.1) is 18.0 Å². The lowest BCUT2D eigenvalue weighted by molar-refractivity contribution is 0.319. The molecule has 2 aromatic carbocycles. The average molecular weight is 328 g/mol. The molecular formula is C19H24N2OS. The summed E-state index contributed by atoms with van der Waals surface area (Å²) in [5.74, 6) is 1.69. The maximum atomic E-state index is 5.59. The summed E-state index contributed by atoms with van der Waals surface area (Å²) in [4.78, 5) is 0. The number of unbranched alkanes of at least 4 members (excludes halogenated alkanes) is 1. The number of hydrogen-bond donors (Lipinski definition) is 1. The minimum atomic E-state index is 0.689. The van der Waals surface area contributed by atoms with Crippen molar-refractivity contribution in [3.8, 4) is 5.75 Å². The highest BCUT2D eigenvalue weighted by atomic mass is 32.1. The lowest BCUT2D eigenvalue weighted by Gasteiger charge is -2.04. The van der Waals surface area contributed by atoms with Gasteiger partial charge in [-0.1, -0.05) is 25.5 Å². The Hall–Kier alpha value is -1.81. The molecule has 3 nitrogen and oxygen atoms in total. The van der Waals surface area contributed by atoms with E-state index in [2.05, 4.69) is 41.9 Å². The molecule has 0 atom stereocenters. The molecule has 0 spiro atoms. The number of aryl methyl sites for hydroxylation is 1. The first kappa shape index (κ1) is 17.5. The summed E-state index contributed by atoms with van der Waals surface area (Å²) in [5.41, 5.74) is 3.05. The van der Waals surface area contributed by atoms with E-state index in [1.165, 1.54) is 18.4 Å². The number of thiol groups is 1. The third-order valence-corrected chi connectivity index (χ3v) is 3.76. The van der Waals surface area contributed by atoms with Gasteiger partial charge in [0.25, 0.3) is 0 Å². The normalized spacial score (nSPS) is 11.0. The SMILES string of the molecule is CCCCc1ccc(N=Nc2ccc(OCCCS)cc2)cc1. The molecular weight excluding hydrogens is 304 g/mol. The van der Waals surface area contributed by atoms with Crippen LogP contribution in [0.4, 0.5) is 11.4 Å². The van der Waals surface area contributed by atoms with Crippen LogP contribution in [0.3, 0.4) is 0 Å². The first-order chi connectivity index (χ1) is 11.3. The smallest absolute Gasteiger partial charge is 0.119 e. The first-order valence-corrected chi connectivity index (χ1v) is 8.79. The summed E-state index contributed by atoms with van der Waals surface area (Å²) in [5, 5.41) is 8.54. The van der Waals surface area contributed by atoms with Gasteiger partial charge in [-0.3, -0.25) is 0 Å². The van der Waals surface area contributed by atoms with Gasteiger partial charge in [0.15, 0.2) is 0 Å². The molecule has 0 aliphatic rings. The fourth-order valence-electron chi connectivity index (χ4n) is 2.09. The largest absolute Gasteiger partial charge is 0.494 e. The van der Waals surface area contributed by atoms with Crippen LogP contribution < -0.4 is 4.74 Å². The minimum absolute atomic E-state index is 0.689. The zero-order valence-electron chi connectivity index (χ0n) is 13.6. The highest BCUT2D eigenvalue weighted by Gasteiger charge is 1.96. The summed E-state index contributed by atoms with van der Waals surface area (Å²) in [7, 11) is 0. The molecule has 0 heterocycles. The van der Waals surface area contributed by atoms with Gasteiger partial charge < -0.3 is 4.74 Å². The summed E-state index contributed by atoms with van der Waals surface area (Å²) in [6.45, 7) is 2.90. The van der Waals surface area contributed by atoms with Gasteiger partial charge in [-0.25, -0.2) is 0 Å². The van der Waals surface area contributed by atoms with Crippen LogP contribution in [0.25, 0.3) is 0 Å². The number of benzene rings is 2. The van der Waals surface area contributed by atoms with E-state index in [1.54, 1.807) is 0 Å². The Morgan fingerprint density at radius 3 is 2.04 bits per heavy atom. The van der Waals surface area contributed by atoms with E-state index in [9.17, 15) is 0 Å². The van der Waals surface area contributed by atoms with Crippen molar-refractivity contribution in [2.24, 2.45) is 10.2 Å². The van der Waals surface area contributed by atoms with Crippen molar-refractivity contribution in [1.29, 1.82) is 0 Å². The third kappa shape index (κ3) is 6.45. The molecule has 0 saturated heterocycles. The van der Waals surface area contributed by atoms with Crippen LogP contribution in [0.2, 0.25) is 0 Å². The second-order valence-electron chi connectivity index (χ2n) is 5.39. The van der Waals surface area contributed by atoms with E-state index in [-0.39, 0.29) is 0 Å². The van der Waals surface area contributed by atoms with E-state index in [0.29, 0.717) is 6.61 Å². The number of ether oxygens (including phenoxy) is 1. The lowest BCUT2D eigenvalue weighted by atomic mass is 10.1. The van der Waals surface area contributed by atoms with Gasteiger partial charge in [-0.05, 0) is 67.0 Å². The Bertz CT molecular complexity index is 594. The molecule has 2 aromatic rings. The Morgan fingerprint density at radius 2 is 1.48 bits per heavy atom. The van der Waals surface area contributed by atoms with Crippen molar-refractivity contribution in [3.05, 3.63) is 54.1 Å². The molecule has 0 unspecified atom stereocenters. The van der Waals surface area contributed by atoms with E-state index in [4.69, 9.17) is 4.74 Å². The monoisotopic (exact) mass is 328 g/mol. The van der Waals surface area contributed by atoms with Crippen molar-refractivity contribution >= 4 is 24.0 Å². The predicted octanol–water partition coefficient (Wildman–Crippen LogP) is 6.14. The van der Waals surface area contributed by atoms with Gasteiger partial charge in [0.2, 0.25) is 0 Å². The fourth-order valence-corrected chi connectivity index (χ4v) is 2.22. The minimum Gasteiger partial charge on any atom is -0.494 e. The first-order valence-electron chi connectivity index (χ1n) is 8.16. The topological polar surface area (TPSA) is 34.0 Å². The number of azo groups is 1. The van der Waals surface area contributed by atoms with Crippen molar-refractivity contribution in [2.45, 2.75) is 32.6 Å². The van der Waals surface area contributed by atoms with E-state index in [0.717, 1.165) is 35.7 Å². The van der Waals surface area contributed by atoms with Gasteiger partial charge in [-0.2, -0.15) is 22.9 Å². The predicted molar refractivity (Wildman–Crippen MR) is 99.6 cm³/mol. The summed E-state index contributed by atoms with van der Waals surface area (Å²) < 4.78 is 5.59. The van der Waals surface area contributed by atoms with Crippen molar-refractivity contribution < 1.29 is 4.74 Å². The van der Waals surface area contributed by atoms with Gasteiger partial charge in [0, 0.05) is 0 Å². The standard InChI is InChI=1S/C19H24N2OS/c1-2-3-5-16-6-8-17(9-7-16)20-21-18-10-12-19(13-11-18)22-14-4-15-23/h6-13,23H,2-5,14-15H2,1H3. The summed E-state index contributed by atoms with van der Waals surface area (Å²) in [6.07, 6.45) is 4.51. The Morgan fingerprint density at radius 1 is 0.870 bits per heavy atom. The molecule has 0 saturated carbocycles. The van der Waals surface area contributed by atoms with Gasteiger partial charge >= 0.3 is 0 Å². The van der Waals surface area contributed by atoms with Crippen LogP contribution in [0.1, 0.15) is 31.7 Å². The molecule has 0 aliphatic carbocycles. The molecule has 0 bridgehead atoms. The molecule has 122 valence electrons. The average Bonchev–Trinajstić information content (AvgIpc) is 2.60. The summed E-state index contributed by atoms with van der Waals surface area (Å²) >= 11 is 4.16. The van der Waals surface area contributed by atoms with Crippen LogP contribution in [-0.4, -0.2) is 12.4 Å². The number of hydrogen-bond acceptors (Lipinski definition) is 4. The van der Waals surface area contributed by atoms with Gasteiger partial charge in [0.1, 0.15) is 5.75 Å². The van der Waals surface area contributed by atoms with Crippen LogP contribution in [0, 0.1) is 0 Å². The van der Waals surface area contributed by atoms with Crippen molar-refractivity contribution in [2.75, 3.05) is 12.4 Å². The molecule has 2 rings (SSSR count). The molecule has 0 aliphatic heterocycles. The summed E-state index contributed by atoms with van der Waals surface area (Å²) in [6, 6.07) is 15.9. The van der Waals surface area contributed by atoms with E-state index < -0.39 is 0 Å². The zero-order chi connectivity index (χ0) is 16.3. The maximum Gasteiger partial charge on any atom is 0.119 e. The quantitative estimate of drug-likeness (QED) is 0.335.